The molecule has 0 aliphatic heterocycles. The van der Waals surface area contributed by atoms with Gasteiger partial charge in [0.05, 0.1) is 13.2 Å². The third-order valence-electron chi connectivity index (χ3n) is 3.50. The van der Waals surface area contributed by atoms with Crippen LogP contribution in [0.2, 0.25) is 0 Å². The SMILES string of the molecule is COc1cccc(C(NN)c2c(C)oc(C)c2C)c1. The zero-order valence-corrected chi connectivity index (χ0v) is 11.8. The normalized spacial score (nSPS) is 12.5. The molecule has 2 rings (SSSR count). The molecule has 0 spiro atoms. The fourth-order valence-electron chi connectivity index (χ4n) is 2.40. The molecule has 4 nitrogen and oxygen atoms in total. The van der Waals surface area contributed by atoms with E-state index < -0.39 is 0 Å². The Labute approximate surface area is 113 Å². The third kappa shape index (κ3) is 2.50. The summed E-state index contributed by atoms with van der Waals surface area (Å²) in [4.78, 5) is 0. The lowest BCUT2D eigenvalue weighted by Crippen LogP contribution is -2.29. The summed E-state index contributed by atoms with van der Waals surface area (Å²) >= 11 is 0. The van der Waals surface area contributed by atoms with E-state index >= 15 is 0 Å². The van der Waals surface area contributed by atoms with Gasteiger partial charge in [-0.25, -0.2) is 5.43 Å². The molecule has 0 radical (unpaired) electrons. The third-order valence-corrected chi connectivity index (χ3v) is 3.50. The molecule has 0 fully saturated rings. The number of ether oxygens (including phenoxy) is 1. The maximum absolute atomic E-state index is 5.74. The Morgan fingerprint density at radius 2 is 1.95 bits per heavy atom. The molecular weight excluding hydrogens is 240 g/mol. The second-order valence-electron chi connectivity index (χ2n) is 4.63. The Hall–Kier alpha value is -1.78. The number of nitrogens with two attached hydrogens (primary N) is 1. The summed E-state index contributed by atoms with van der Waals surface area (Å²) in [6.45, 7) is 5.97. The van der Waals surface area contributed by atoms with Crippen LogP contribution in [0.25, 0.3) is 0 Å². The first-order chi connectivity index (χ1) is 9.08. The van der Waals surface area contributed by atoms with Gasteiger partial charge in [-0.15, -0.1) is 0 Å². The average molecular weight is 260 g/mol. The van der Waals surface area contributed by atoms with Gasteiger partial charge >= 0.3 is 0 Å². The lowest BCUT2D eigenvalue weighted by molar-refractivity contribution is 0.413. The van der Waals surface area contributed by atoms with E-state index in [9.17, 15) is 0 Å². The van der Waals surface area contributed by atoms with Crippen LogP contribution >= 0.6 is 0 Å². The van der Waals surface area contributed by atoms with Gasteiger partial charge in [0.25, 0.3) is 0 Å². The molecule has 102 valence electrons. The van der Waals surface area contributed by atoms with Gasteiger partial charge < -0.3 is 9.15 Å². The van der Waals surface area contributed by atoms with Gasteiger partial charge in [-0.1, -0.05) is 12.1 Å². The molecule has 0 aliphatic carbocycles. The maximum Gasteiger partial charge on any atom is 0.119 e. The number of rotatable bonds is 4. The molecule has 3 N–H and O–H groups in total. The highest BCUT2D eigenvalue weighted by molar-refractivity contribution is 5.42. The highest BCUT2D eigenvalue weighted by atomic mass is 16.5. The van der Waals surface area contributed by atoms with E-state index in [0.717, 1.165) is 34.0 Å². The van der Waals surface area contributed by atoms with Crippen molar-refractivity contribution in [3.8, 4) is 5.75 Å². The molecule has 0 saturated heterocycles. The molecule has 1 atom stereocenters. The molecule has 1 unspecified atom stereocenters. The van der Waals surface area contributed by atoms with Crippen molar-refractivity contribution < 1.29 is 9.15 Å². The monoisotopic (exact) mass is 260 g/mol. The Morgan fingerprint density at radius 1 is 1.21 bits per heavy atom. The minimum absolute atomic E-state index is 0.104. The van der Waals surface area contributed by atoms with Crippen LogP contribution in [0.5, 0.6) is 5.75 Å². The standard InChI is InChI=1S/C15H20N2O2/c1-9-10(2)19-11(3)14(9)15(17-16)12-6-5-7-13(8-12)18-4/h5-8,15,17H,16H2,1-4H3. The van der Waals surface area contributed by atoms with Gasteiger partial charge in [-0.3, -0.25) is 5.84 Å². The highest BCUT2D eigenvalue weighted by Crippen LogP contribution is 2.32. The number of methoxy groups -OCH3 is 1. The average Bonchev–Trinajstić information content (AvgIpc) is 2.66. The van der Waals surface area contributed by atoms with E-state index in [2.05, 4.69) is 5.43 Å². The maximum atomic E-state index is 5.74. The van der Waals surface area contributed by atoms with Gasteiger partial charge in [0.15, 0.2) is 0 Å². The van der Waals surface area contributed by atoms with E-state index in [0.29, 0.717) is 0 Å². The van der Waals surface area contributed by atoms with Crippen molar-refractivity contribution in [2.45, 2.75) is 26.8 Å². The number of hydrazine groups is 1. The minimum Gasteiger partial charge on any atom is -0.497 e. The van der Waals surface area contributed by atoms with E-state index in [4.69, 9.17) is 15.0 Å². The quantitative estimate of drug-likeness (QED) is 0.655. The van der Waals surface area contributed by atoms with Crippen LogP contribution in [-0.2, 0) is 0 Å². The molecule has 2 aromatic rings. The van der Waals surface area contributed by atoms with Crippen molar-refractivity contribution in [3.63, 3.8) is 0 Å². The Kier molecular flexibility index (Phi) is 3.93. The number of nitrogens with one attached hydrogen (secondary N) is 1. The fraction of sp³-hybridized carbons (Fsp3) is 0.333. The van der Waals surface area contributed by atoms with E-state index in [1.165, 1.54) is 0 Å². The van der Waals surface area contributed by atoms with Crippen molar-refractivity contribution in [1.82, 2.24) is 5.43 Å². The van der Waals surface area contributed by atoms with Crippen molar-refractivity contribution in [2.24, 2.45) is 5.84 Å². The molecule has 0 bridgehead atoms. The largest absolute Gasteiger partial charge is 0.497 e. The zero-order valence-electron chi connectivity index (χ0n) is 11.8. The Bertz CT molecular complexity index is 576. The molecule has 1 heterocycles. The van der Waals surface area contributed by atoms with E-state index in [1.54, 1.807) is 7.11 Å². The summed E-state index contributed by atoms with van der Waals surface area (Å²) in [6, 6.07) is 7.76. The van der Waals surface area contributed by atoms with Crippen LogP contribution in [0.15, 0.2) is 28.7 Å². The van der Waals surface area contributed by atoms with Gasteiger partial charge in [0.1, 0.15) is 17.3 Å². The minimum atomic E-state index is -0.104. The van der Waals surface area contributed by atoms with Crippen molar-refractivity contribution in [1.29, 1.82) is 0 Å². The van der Waals surface area contributed by atoms with Crippen LogP contribution in [-0.4, -0.2) is 7.11 Å². The molecule has 0 amide bonds. The van der Waals surface area contributed by atoms with Crippen LogP contribution in [0.4, 0.5) is 0 Å². The lowest BCUT2D eigenvalue weighted by Gasteiger charge is -2.17. The predicted octanol–water partition coefficient (Wildman–Crippen LogP) is 2.77. The number of hydrogen-bond acceptors (Lipinski definition) is 4. The van der Waals surface area contributed by atoms with Crippen LogP contribution in [0.1, 0.15) is 34.3 Å². The summed E-state index contributed by atoms with van der Waals surface area (Å²) in [5.41, 5.74) is 6.13. The first kappa shape index (κ1) is 13.6. The second-order valence-corrected chi connectivity index (χ2v) is 4.63. The van der Waals surface area contributed by atoms with Crippen LogP contribution < -0.4 is 16.0 Å². The highest BCUT2D eigenvalue weighted by Gasteiger charge is 2.21. The van der Waals surface area contributed by atoms with Crippen molar-refractivity contribution >= 4 is 0 Å². The summed E-state index contributed by atoms with van der Waals surface area (Å²) in [7, 11) is 1.66. The molecule has 0 aliphatic rings. The smallest absolute Gasteiger partial charge is 0.119 e. The summed E-state index contributed by atoms with van der Waals surface area (Å²) in [5.74, 6) is 8.37. The summed E-state index contributed by atoms with van der Waals surface area (Å²) in [6.07, 6.45) is 0. The van der Waals surface area contributed by atoms with Crippen molar-refractivity contribution in [3.05, 3.63) is 52.5 Å². The molecule has 1 aromatic heterocycles. The molecular formula is C15H20N2O2. The van der Waals surface area contributed by atoms with E-state index in [1.807, 2.05) is 45.0 Å². The summed E-state index contributed by atoms with van der Waals surface area (Å²) < 4.78 is 10.9. The number of benzene rings is 1. The Morgan fingerprint density at radius 3 is 2.47 bits per heavy atom. The van der Waals surface area contributed by atoms with Gasteiger partial charge in [-0.05, 0) is 44.0 Å². The van der Waals surface area contributed by atoms with E-state index in [-0.39, 0.29) is 6.04 Å². The molecule has 19 heavy (non-hydrogen) atoms. The summed E-state index contributed by atoms with van der Waals surface area (Å²) in [5, 5.41) is 0. The van der Waals surface area contributed by atoms with Crippen LogP contribution in [0.3, 0.4) is 0 Å². The number of furan rings is 1. The number of hydrogen-bond donors (Lipinski definition) is 2. The second kappa shape index (κ2) is 5.47. The predicted molar refractivity (Wildman–Crippen MR) is 75.1 cm³/mol. The lowest BCUT2D eigenvalue weighted by atomic mass is 9.96. The number of aryl methyl sites for hydroxylation is 2. The van der Waals surface area contributed by atoms with Crippen LogP contribution in [0, 0.1) is 20.8 Å². The molecule has 0 saturated carbocycles. The Balaban J connectivity index is 2.49. The zero-order chi connectivity index (χ0) is 14.0. The topological polar surface area (TPSA) is 60.4 Å². The van der Waals surface area contributed by atoms with Gasteiger partial charge in [0, 0.05) is 5.56 Å². The fourth-order valence-corrected chi connectivity index (χ4v) is 2.40. The van der Waals surface area contributed by atoms with Gasteiger partial charge in [-0.2, -0.15) is 0 Å². The van der Waals surface area contributed by atoms with Crippen molar-refractivity contribution in [2.75, 3.05) is 7.11 Å². The first-order valence-electron chi connectivity index (χ1n) is 6.25. The first-order valence-corrected chi connectivity index (χ1v) is 6.25. The molecule has 4 heteroatoms. The molecule has 1 aromatic carbocycles. The van der Waals surface area contributed by atoms with Gasteiger partial charge in [0.2, 0.25) is 0 Å².